The van der Waals surface area contributed by atoms with Gasteiger partial charge in [-0.05, 0) is 44.0 Å². The summed E-state index contributed by atoms with van der Waals surface area (Å²) in [7, 11) is 0. The summed E-state index contributed by atoms with van der Waals surface area (Å²) in [5.41, 5.74) is 0.773. The third-order valence-electron chi connectivity index (χ3n) is 4.63. The average Bonchev–Trinajstić information content (AvgIpc) is 2.63. The van der Waals surface area contributed by atoms with E-state index in [9.17, 15) is 5.11 Å². The van der Waals surface area contributed by atoms with Gasteiger partial charge in [0, 0.05) is 18.0 Å². The summed E-state index contributed by atoms with van der Waals surface area (Å²) in [6, 6.07) is 18.0. The van der Waals surface area contributed by atoms with Gasteiger partial charge < -0.3 is 9.84 Å². The molecule has 0 fully saturated rings. The van der Waals surface area contributed by atoms with Crippen molar-refractivity contribution >= 4 is 0 Å². The summed E-state index contributed by atoms with van der Waals surface area (Å²) >= 11 is 0. The summed E-state index contributed by atoms with van der Waals surface area (Å²) < 4.78 is 6.11. The molecule has 1 unspecified atom stereocenters. The molecule has 1 N–H and O–H groups in total. The van der Waals surface area contributed by atoms with Gasteiger partial charge in [-0.3, -0.25) is 0 Å². The van der Waals surface area contributed by atoms with Crippen LogP contribution < -0.4 is 4.74 Å². The smallest absolute Gasteiger partial charge is 0.136 e. The van der Waals surface area contributed by atoms with Crippen molar-refractivity contribution in [2.75, 3.05) is 0 Å². The molecular formula is C21H22N2O2. The number of aromatic nitrogens is 2. The minimum atomic E-state index is -1.24. The van der Waals surface area contributed by atoms with E-state index in [0.717, 1.165) is 11.1 Å². The molecule has 0 amide bonds. The van der Waals surface area contributed by atoms with Crippen LogP contribution in [0.1, 0.15) is 26.3 Å². The largest absolute Gasteiger partial charge is 0.485 e. The molecule has 2 aromatic carbocycles. The van der Waals surface area contributed by atoms with Crippen LogP contribution in [0.3, 0.4) is 0 Å². The van der Waals surface area contributed by atoms with E-state index in [1.807, 2.05) is 56.3 Å². The summed E-state index contributed by atoms with van der Waals surface area (Å²) in [6.07, 6.45) is 4.66. The van der Waals surface area contributed by atoms with Crippen LogP contribution in [-0.2, 0) is 5.60 Å². The van der Waals surface area contributed by atoms with Crippen molar-refractivity contribution in [3.63, 3.8) is 0 Å². The molecule has 0 aliphatic heterocycles. The van der Waals surface area contributed by atoms with Crippen LogP contribution in [0.25, 0.3) is 11.1 Å². The highest BCUT2D eigenvalue weighted by Crippen LogP contribution is 2.36. The van der Waals surface area contributed by atoms with E-state index in [1.54, 1.807) is 19.3 Å². The predicted molar refractivity (Wildman–Crippen MR) is 98.2 cm³/mol. The third kappa shape index (κ3) is 3.54. The fraction of sp³-hybridized carbons (Fsp3) is 0.238. The van der Waals surface area contributed by atoms with Gasteiger partial charge >= 0.3 is 0 Å². The highest BCUT2D eigenvalue weighted by molar-refractivity contribution is 5.63. The highest BCUT2D eigenvalue weighted by Gasteiger charge is 2.43. The Bertz CT molecular complexity index is 814. The molecule has 0 saturated heterocycles. The zero-order valence-electron chi connectivity index (χ0n) is 14.7. The van der Waals surface area contributed by atoms with Crippen molar-refractivity contribution in [3.05, 3.63) is 78.9 Å². The molecule has 0 saturated carbocycles. The maximum Gasteiger partial charge on any atom is 0.136 e. The molecule has 0 aliphatic carbocycles. The van der Waals surface area contributed by atoms with E-state index in [2.05, 4.69) is 22.1 Å². The topological polar surface area (TPSA) is 55.2 Å². The molecule has 128 valence electrons. The zero-order valence-corrected chi connectivity index (χ0v) is 14.7. The molecule has 0 bridgehead atoms. The highest BCUT2D eigenvalue weighted by atomic mass is 16.5. The van der Waals surface area contributed by atoms with E-state index in [1.165, 1.54) is 6.33 Å². The van der Waals surface area contributed by atoms with Gasteiger partial charge in [-0.25, -0.2) is 9.97 Å². The van der Waals surface area contributed by atoms with Crippen LogP contribution in [0.5, 0.6) is 5.75 Å². The quantitative estimate of drug-likeness (QED) is 0.759. The number of benzene rings is 2. The molecule has 25 heavy (non-hydrogen) atoms. The number of aliphatic hydroxyl groups is 1. The minimum absolute atomic E-state index is 0.612. The zero-order chi connectivity index (χ0) is 17.9. The molecule has 3 aromatic rings. The van der Waals surface area contributed by atoms with Gasteiger partial charge in [-0.1, -0.05) is 42.5 Å². The fourth-order valence-electron chi connectivity index (χ4n) is 2.64. The summed E-state index contributed by atoms with van der Waals surface area (Å²) in [5, 5.41) is 11.0. The molecular weight excluding hydrogens is 312 g/mol. The first kappa shape index (κ1) is 17.1. The second kappa shape index (κ2) is 6.65. The first-order valence-corrected chi connectivity index (χ1v) is 8.22. The minimum Gasteiger partial charge on any atom is -0.485 e. The molecule has 1 aromatic heterocycles. The van der Waals surface area contributed by atoms with Gasteiger partial charge in [0.15, 0.2) is 0 Å². The number of hydrogen-bond acceptors (Lipinski definition) is 4. The van der Waals surface area contributed by atoms with Crippen molar-refractivity contribution in [3.8, 4) is 16.9 Å². The number of rotatable bonds is 5. The Kier molecular flexibility index (Phi) is 4.55. The number of hydrogen-bond donors (Lipinski definition) is 1. The molecule has 0 aliphatic rings. The van der Waals surface area contributed by atoms with Crippen molar-refractivity contribution in [1.29, 1.82) is 0 Å². The van der Waals surface area contributed by atoms with E-state index >= 15 is 0 Å². The van der Waals surface area contributed by atoms with Gasteiger partial charge in [0.2, 0.25) is 0 Å². The second-order valence-corrected chi connectivity index (χ2v) is 6.70. The van der Waals surface area contributed by atoms with Crippen LogP contribution >= 0.6 is 0 Å². The summed E-state index contributed by atoms with van der Waals surface area (Å²) in [5.74, 6) is 0.696. The molecule has 0 radical (unpaired) electrons. The maximum absolute atomic E-state index is 11.0. The van der Waals surface area contributed by atoms with Crippen LogP contribution in [0.2, 0.25) is 0 Å². The second-order valence-electron chi connectivity index (χ2n) is 6.70. The van der Waals surface area contributed by atoms with Crippen LogP contribution in [0.4, 0.5) is 0 Å². The van der Waals surface area contributed by atoms with Crippen LogP contribution in [-0.4, -0.2) is 20.7 Å². The summed E-state index contributed by atoms with van der Waals surface area (Å²) in [6.45, 7) is 5.42. The molecule has 1 heterocycles. The molecule has 1 atom stereocenters. The van der Waals surface area contributed by atoms with Crippen molar-refractivity contribution < 1.29 is 9.84 Å². The van der Waals surface area contributed by atoms with Gasteiger partial charge in [0.25, 0.3) is 0 Å². The lowest BCUT2D eigenvalue weighted by molar-refractivity contribution is -0.109. The van der Waals surface area contributed by atoms with Crippen LogP contribution in [0, 0.1) is 0 Å². The Morgan fingerprint density at radius 3 is 1.96 bits per heavy atom. The molecule has 4 heteroatoms. The van der Waals surface area contributed by atoms with Crippen molar-refractivity contribution in [2.24, 2.45) is 0 Å². The monoisotopic (exact) mass is 334 g/mol. The lowest BCUT2D eigenvalue weighted by Crippen LogP contribution is -2.49. The number of ether oxygens (including phenoxy) is 1. The first-order valence-electron chi connectivity index (χ1n) is 8.22. The van der Waals surface area contributed by atoms with Gasteiger partial charge in [0.05, 0.1) is 0 Å². The SMILES string of the molecule is CC(C)(Oc1ccc(-c2ccccc2)cc1)C(C)(O)c1cncnc1. The molecule has 0 spiro atoms. The Morgan fingerprint density at radius 2 is 1.36 bits per heavy atom. The van der Waals surface area contributed by atoms with Crippen LogP contribution in [0.15, 0.2) is 73.3 Å². The normalized spacial score (nSPS) is 13.9. The van der Waals surface area contributed by atoms with Crippen molar-refractivity contribution in [2.45, 2.75) is 32.0 Å². The standard InChI is InChI=1S/C21H22N2O2/c1-20(2,21(3,24)18-13-22-15-23-14-18)25-19-11-9-17(10-12-19)16-7-5-4-6-8-16/h4-15,24H,1-3H3. The summed E-state index contributed by atoms with van der Waals surface area (Å²) in [4.78, 5) is 7.98. The first-order chi connectivity index (χ1) is 11.9. The number of nitrogens with zero attached hydrogens (tertiary/aromatic N) is 2. The Morgan fingerprint density at radius 1 is 0.800 bits per heavy atom. The maximum atomic E-state index is 11.0. The van der Waals surface area contributed by atoms with Gasteiger partial charge in [0.1, 0.15) is 23.3 Å². The molecule has 4 nitrogen and oxygen atoms in total. The molecule has 3 rings (SSSR count). The average molecular weight is 334 g/mol. The van der Waals surface area contributed by atoms with E-state index in [-0.39, 0.29) is 0 Å². The predicted octanol–water partition coefficient (Wildman–Crippen LogP) is 4.21. The van der Waals surface area contributed by atoms with E-state index < -0.39 is 11.2 Å². The van der Waals surface area contributed by atoms with E-state index in [4.69, 9.17) is 4.74 Å². The van der Waals surface area contributed by atoms with Gasteiger partial charge in [-0.2, -0.15) is 0 Å². The third-order valence-corrected chi connectivity index (χ3v) is 4.63. The van der Waals surface area contributed by atoms with E-state index in [0.29, 0.717) is 11.3 Å². The van der Waals surface area contributed by atoms with Gasteiger partial charge in [-0.15, -0.1) is 0 Å². The fourth-order valence-corrected chi connectivity index (χ4v) is 2.64. The lowest BCUT2D eigenvalue weighted by atomic mass is 9.82. The Labute approximate surface area is 148 Å². The Hall–Kier alpha value is -2.72. The van der Waals surface area contributed by atoms with Crippen molar-refractivity contribution in [1.82, 2.24) is 9.97 Å². The Balaban J connectivity index is 1.81. The lowest BCUT2D eigenvalue weighted by Gasteiger charge is -2.40.